The van der Waals surface area contributed by atoms with E-state index < -0.39 is 0 Å². The van der Waals surface area contributed by atoms with E-state index in [0.717, 1.165) is 11.4 Å². The molecular weight excluding hydrogens is 271 g/mol. The minimum Gasteiger partial charge on any atom is -0.486 e. The molecule has 2 rings (SSSR count). The average Bonchev–Trinajstić information content (AvgIpc) is 2.38. The molecule has 1 heterocycles. The molecule has 0 aliphatic carbocycles. The minimum absolute atomic E-state index is 0.390. The second-order valence-corrected chi connectivity index (χ2v) is 4.45. The van der Waals surface area contributed by atoms with Crippen LogP contribution in [0.4, 0.5) is 5.82 Å². The highest BCUT2D eigenvalue weighted by atomic mass is 35.5. The summed E-state index contributed by atoms with van der Waals surface area (Å²) in [6.07, 6.45) is 1.72. The number of ether oxygens (including phenoxy) is 1. The van der Waals surface area contributed by atoms with Gasteiger partial charge >= 0.3 is 0 Å². The van der Waals surface area contributed by atoms with Crippen LogP contribution in [0.25, 0.3) is 0 Å². The van der Waals surface area contributed by atoms with Crippen LogP contribution in [0.3, 0.4) is 0 Å². The summed E-state index contributed by atoms with van der Waals surface area (Å²) in [6, 6.07) is 9.06. The number of halogens is 2. The van der Waals surface area contributed by atoms with Gasteiger partial charge in [-0.3, -0.25) is 0 Å². The Kier molecular flexibility index (Phi) is 4.28. The first-order valence-electron chi connectivity index (χ1n) is 5.40. The third kappa shape index (κ3) is 3.06. The lowest BCUT2D eigenvalue weighted by Gasteiger charge is -2.10. The number of nitrogens with one attached hydrogen (secondary N) is 1. The smallest absolute Gasteiger partial charge is 0.156 e. The van der Waals surface area contributed by atoms with Crippen LogP contribution in [-0.4, -0.2) is 12.0 Å². The Labute approximate surface area is 116 Å². The third-order valence-corrected chi connectivity index (χ3v) is 2.98. The lowest BCUT2D eigenvalue weighted by molar-refractivity contribution is 0.306. The quantitative estimate of drug-likeness (QED) is 0.920. The summed E-state index contributed by atoms with van der Waals surface area (Å²) in [4.78, 5) is 4.13. The van der Waals surface area contributed by atoms with Gasteiger partial charge in [0.25, 0.3) is 0 Å². The van der Waals surface area contributed by atoms with Crippen LogP contribution in [0, 0.1) is 0 Å². The van der Waals surface area contributed by atoms with Crippen molar-refractivity contribution in [3.05, 3.63) is 52.1 Å². The third-order valence-electron chi connectivity index (χ3n) is 2.38. The first-order chi connectivity index (χ1) is 8.70. The van der Waals surface area contributed by atoms with E-state index in [2.05, 4.69) is 10.3 Å². The van der Waals surface area contributed by atoms with Gasteiger partial charge in [0.1, 0.15) is 12.4 Å². The van der Waals surface area contributed by atoms with Crippen LogP contribution in [0.2, 0.25) is 10.0 Å². The maximum atomic E-state index is 6.02. The second kappa shape index (κ2) is 5.94. The summed E-state index contributed by atoms with van der Waals surface area (Å²) in [7, 11) is 1.82. The first-order valence-corrected chi connectivity index (χ1v) is 6.16. The Bertz CT molecular complexity index is 526. The van der Waals surface area contributed by atoms with Crippen molar-refractivity contribution >= 4 is 29.0 Å². The molecule has 0 fully saturated rings. The standard InChI is InChI=1S/C13H12Cl2N2O/c1-16-12-7-9(5-6-17-12)8-18-13-10(14)3-2-4-11(13)15/h2-7H,8H2,1H3,(H,16,17). The number of pyridine rings is 1. The number of anilines is 1. The second-order valence-electron chi connectivity index (χ2n) is 3.64. The van der Waals surface area contributed by atoms with Gasteiger partial charge in [-0.15, -0.1) is 0 Å². The molecule has 0 amide bonds. The molecule has 0 radical (unpaired) electrons. The van der Waals surface area contributed by atoms with E-state index in [9.17, 15) is 0 Å². The highest BCUT2D eigenvalue weighted by molar-refractivity contribution is 6.37. The van der Waals surface area contributed by atoms with Crippen molar-refractivity contribution in [2.24, 2.45) is 0 Å². The fraction of sp³-hybridized carbons (Fsp3) is 0.154. The van der Waals surface area contributed by atoms with Crippen LogP contribution in [0.15, 0.2) is 36.5 Å². The van der Waals surface area contributed by atoms with Crippen LogP contribution >= 0.6 is 23.2 Å². The molecule has 1 N–H and O–H groups in total. The number of aromatic nitrogens is 1. The van der Waals surface area contributed by atoms with Crippen LogP contribution < -0.4 is 10.1 Å². The van der Waals surface area contributed by atoms with Gasteiger partial charge < -0.3 is 10.1 Å². The SMILES string of the molecule is CNc1cc(COc2c(Cl)cccc2Cl)ccn1. The molecular formula is C13H12Cl2N2O. The Morgan fingerprint density at radius 3 is 2.61 bits per heavy atom. The molecule has 18 heavy (non-hydrogen) atoms. The minimum atomic E-state index is 0.390. The number of hydrogen-bond donors (Lipinski definition) is 1. The molecule has 3 nitrogen and oxygen atoms in total. The number of rotatable bonds is 4. The number of nitrogens with zero attached hydrogens (tertiary/aromatic N) is 1. The van der Waals surface area contributed by atoms with E-state index in [0.29, 0.717) is 22.4 Å². The molecule has 0 atom stereocenters. The Morgan fingerprint density at radius 1 is 1.22 bits per heavy atom. The lowest BCUT2D eigenvalue weighted by atomic mass is 10.3. The van der Waals surface area contributed by atoms with Gasteiger partial charge in [0.2, 0.25) is 0 Å². The molecule has 1 aromatic heterocycles. The van der Waals surface area contributed by atoms with E-state index in [1.54, 1.807) is 24.4 Å². The Balaban J connectivity index is 2.11. The number of para-hydroxylation sites is 1. The van der Waals surface area contributed by atoms with E-state index in [4.69, 9.17) is 27.9 Å². The molecule has 0 aliphatic heterocycles. The molecule has 94 valence electrons. The maximum absolute atomic E-state index is 6.02. The van der Waals surface area contributed by atoms with Crippen LogP contribution in [-0.2, 0) is 6.61 Å². The monoisotopic (exact) mass is 282 g/mol. The summed E-state index contributed by atoms with van der Waals surface area (Å²) in [5, 5.41) is 3.98. The summed E-state index contributed by atoms with van der Waals surface area (Å²) in [5.74, 6) is 1.30. The van der Waals surface area contributed by atoms with Crippen molar-refractivity contribution in [3.8, 4) is 5.75 Å². The average molecular weight is 283 g/mol. The van der Waals surface area contributed by atoms with Gasteiger partial charge in [0.05, 0.1) is 10.0 Å². The van der Waals surface area contributed by atoms with Crippen molar-refractivity contribution in [2.75, 3.05) is 12.4 Å². The molecule has 0 saturated heterocycles. The molecule has 2 aromatic rings. The molecule has 0 spiro atoms. The first kappa shape index (κ1) is 13.0. The summed E-state index contributed by atoms with van der Waals surface area (Å²) >= 11 is 12.0. The molecule has 0 bridgehead atoms. The zero-order valence-electron chi connectivity index (χ0n) is 9.78. The van der Waals surface area contributed by atoms with Crippen molar-refractivity contribution in [3.63, 3.8) is 0 Å². The van der Waals surface area contributed by atoms with E-state index >= 15 is 0 Å². The Hall–Kier alpha value is -1.45. The molecule has 0 unspecified atom stereocenters. The van der Waals surface area contributed by atoms with Crippen molar-refractivity contribution < 1.29 is 4.74 Å². The topological polar surface area (TPSA) is 34.1 Å². The summed E-state index contributed by atoms with van der Waals surface area (Å²) < 4.78 is 5.63. The van der Waals surface area contributed by atoms with Crippen molar-refractivity contribution in [1.82, 2.24) is 4.98 Å². The Morgan fingerprint density at radius 2 is 1.94 bits per heavy atom. The van der Waals surface area contributed by atoms with Crippen LogP contribution in [0.5, 0.6) is 5.75 Å². The van der Waals surface area contributed by atoms with Gasteiger partial charge in [-0.05, 0) is 29.8 Å². The van der Waals surface area contributed by atoms with Crippen molar-refractivity contribution in [1.29, 1.82) is 0 Å². The highest BCUT2D eigenvalue weighted by Crippen LogP contribution is 2.32. The van der Waals surface area contributed by atoms with E-state index in [-0.39, 0.29) is 0 Å². The zero-order chi connectivity index (χ0) is 13.0. The summed E-state index contributed by atoms with van der Waals surface area (Å²) in [6.45, 7) is 0.390. The molecule has 1 aromatic carbocycles. The zero-order valence-corrected chi connectivity index (χ0v) is 11.3. The summed E-state index contributed by atoms with van der Waals surface area (Å²) in [5.41, 5.74) is 0.991. The lowest BCUT2D eigenvalue weighted by Crippen LogP contribution is -1.99. The molecule has 5 heteroatoms. The molecule has 0 saturated carbocycles. The largest absolute Gasteiger partial charge is 0.486 e. The highest BCUT2D eigenvalue weighted by Gasteiger charge is 2.06. The normalized spacial score (nSPS) is 10.2. The van der Waals surface area contributed by atoms with Gasteiger partial charge in [0, 0.05) is 13.2 Å². The van der Waals surface area contributed by atoms with Crippen molar-refractivity contribution in [2.45, 2.75) is 6.61 Å². The van der Waals surface area contributed by atoms with E-state index in [1.807, 2.05) is 19.2 Å². The fourth-order valence-electron chi connectivity index (χ4n) is 1.48. The van der Waals surface area contributed by atoms with Gasteiger partial charge in [-0.2, -0.15) is 0 Å². The fourth-order valence-corrected chi connectivity index (χ4v) is 1.98. The predicted molar refractivity (Wildman–Crippen MR) is 74.6 cm³/mol. The van der Waals surface area contributed by atoms with Gasteiger partial charge in [0.15, 0.2) is 5.75 Å². The number of hydrogen-bond acceptors (Lipinski definition) is 3. The van der Waals surface area contributed by atoms with Gasteiger partial charge in [-0.25, -0.2) is 4.98 Å². The number of benzene rings is 1. The van der Waals surface area contributed by atoms with E-state index in [1.165, 1.54) is 0 Å². The predicted octanol–water partition coefficient (Wildman–Crippen LogP) is 4.01. The van der Waals surface area contributed by atoms with Gasteiger partial charge in [-0.1, -0.05) is 29.3 Å². The molecule has 0 aliphatic rings. The van der Waals surface area contributed by atoms with Crippen LogP contribution in [0.1, 0.15) is 5.56 Å². The maximum Gasteiger partial charge on any atom is 0.156 e.